The second-order valence-corrected chi connectivity index (χ2v) is 4.29. The van der Waals surface area contributed by atoms with Crippen LogP contribution < -0.4 is 10.5 Å². The van der Waals surface area contributed by atoms with E-state index in [1.807, 2.05) is 6.07 Å². The van der Waals surface area contributed by atoms with Crippen LogP contribution in [-0.2, 0) is 4.79 Å². The fraction of sp³-hybridized carbons (Fsp3) is 0.385. The Morgan fingerprint density at radius 3 is 2.61 bits per heavy atom. The number of ether oxygens (including phenoxy) is 1. The summed E-state index contributed by atoms with van der Waals surface area (Å²) >= 11 is 0. The standard InChI is InChI=1S/C13H16N2O3/c14-12(16)11-8-4-5-9-15(11)13(17)18-10-6-2-1-3-7-10/h1-3,6-7,11H,4-5,8-9H2,(H2,14,16). The lowest BCUT2D eigenvalue weighted by Gasteiger charge is -2.32. The minimum atomic E-state index is -0.546. The molecule has 2 amide bonds. The van der Waals surface area contributed by atoms with E-state index >= 15 is 0 Å². The Balaban J connectivity index is 2.05. The molecule has 1 unspecified atom stereocenters. The molecule has 18 heavy (non-hydrogen) atoms. The van der Waals surface area contributed by atoms with Gasteiger partial charge in [0.1, 0.15) is 11.8 Å². The van der Waals surface area contributed by atoms with Crippen molar-refractivity contribution < 1.29 is 14.3 Å². The summed E-state index contributed by atoms with van der Waals surface area (Å²) in [6, 6.07) is 8.25. The summed E-state index contributed by atoms with van der Waals surface area (Å²) in [6.07, 6.45) is 1.88. The molecule has 0 spiro atoms. The van der Waals surface area contributed by atoms with Crippen molar-refractivity contribution >= 4 is 12.0 Å². The summed E-state index contributed by atoms with van der Waals surface area (Å²) in [5.41, 5.74) is 5.30. The van der Waals surface area contributed by atoms with E-state index in [2.05, 4.69) is 0 Å². The number of hydrogen-bond donors (Lipinski definition) is 1. The molecule has 1 aliphatic rings. The number of hydrogen-bond acceptors (Lipinski definition) is 3. The Labute approximate surface area is 106 Å². The van der Waals surface area contributed by atoms with Crippen molar-refractivity contribution in [3.63, 3.8) is 0 Å². The molecule has 1 aromatic rings. The SMILES string of the molecule is NC(=O)C1CCCCN1C(=O)Oc1ccccc1. The van der Waals surface area contributed by atoms with Crippen LogP contribution in [0.4, 0.5) is 4.79 Å². The van der Waals surface area contributed by atoms with Gasteiger partial charge in [-0.15, -0.1) is 0 Å². The number of carbonyl (C=O) groups excluding carboxylic acids is 2. The third-order valence-corrected chi connectivity index (χ3v) is 3.01. The summed E-state index contributed by atoms with van der Waals surface area (Å²) in [6.45, 7) is 0.513. The number of nitrogens with two attached hydrogens (primary N) is 1. The topological polar surface area (TPSA) is 72.6 Å². The smallest absolute Gasteiger partial charge is 0.410 e. The number of likely N-dealkylation sites (tertiary alicyclic amines) is 1. The zero-order valence-electron chi connectivity index (χ0n) is 10.0. The van der Waals surface area contributed by atoms with Crippen LogP contribution >= 0.6 is 0 Å². The summed E-state index contributed by atoms with van der Waals surface area (Å²) in [5.74, 6) is -0.00370. The highest BCUT2D eigenvalue weighted by atomic mass is 16.6. The van der Waals surface area contributed by atoms with Crippen LogP contribution in [0.3, 0.4) is 0 Å². The lowest BCUT2D eigenvalue weighted by Crippen LogP contribution is -2.51. The van der Waals surface area contributed by atoms with Crippen molar-refractivity contribution in [2.75, 3.05) is 6.54 Å². The van der Waals surface area contributed by atoms with Gasteiger partial charge in [-0.05, 0) is 31.4 Å². The molecule has 1 atom stereocenters. The molecular weight excluding hydrogens is 232 g/mol. The molecule has 0 aromatic heterocycles. The summed E-state index contributed by atoms with van der Waals surface area (Å²) in [4.78, 5) is 24.7. The first-order valence-corrected chi connectivity index (χ1v) is 6.01. The van der Waals surface area contributed by atoms with E-state index in [4.69, 9.17) is 10.5 Å². The van der Waals surface area contributed by atoms with Gasteiger partial charge in [0.05, 0.1) is 0 Å². The number of piperidine rings is 1. The number of amides is 2. The number of nitrogens with zero attached hydrogens (tertiary/aromatic N) is 1. The first kappa shape index (κ1) is 12.4. The largest absolute Gasteiger partial charge is 0.415 e. The van der Waals surface area contributed by atoms with Crippen molar-refractivity contribution in [1.29, 1.82) is 0 Å². The number of para-hydroxylation sites is 1. The fourth-order valence-electron chi connectivity index (χ4n) is 2.09. The molecule has 0 radical (unpaired) electrons. The molecule has 1 aliphatic heterocycles. The molecule has 0 saturated carbocycles. The van der Waals surface area contributed by atoms with Crippen LogP contribution in [0, 0.1) is 0 Å². The minimum absolute atomic E-state index is 0.469. The Morgan fingerprint density at radius 1 is 1.22 bits per heavy atom. The van der Waals surface area contributed by atoms with Crippen molar-refractivity contribution in [3.05, 3.63) is 30.3 Å². The summed E-state index contributed by atoms with van der Waals surface area (Å²) < 4.78 is 5.21. The Kier molecular flexibility index (Phi) is 3.82. The van der Waals surface area contributed by atoms with Crippen LogP contribution in [0.25, 0.3) is 0 Å². The molecule has 0 aliphatic carbocycles. The van der Waals surface area contributed by atoms with E-state index in [0.29, 0.717) is 18.7 Å². The van der Waals surface area contributed by atoms with Gasteiger partial charge in [0.15, 0.2) is 0 Å². The average molecular weight is 248 g/mol. The minimum Gasteiger partial charge on any atom is -0.410 e. The lowest BCUT2D eigenvalue weighted by molar-refractivity contribution is -0.123. The second kappa shape index (κ2) is 5.53. The Bertz CT molecular complexity index is 433. The van der Waals surface area contributed by atoms with Crippen LogP contribution in [0.15, 0.2) is 30.3 Å². The van der Waals surface area contributed by atoms with E-state index in [9.17, 15) is 9.59 Å². The molecular formula is C13H16N2O3. The Morgan fingerprint density at radius 2 is 1.94 bits per heavy atom. The van der Waals surface area contributed by atoms with E-state index in [-0.39, 0.29) is 0 Å². The molecule has 96 valence electrons. The average Bonchev–Trinajstić information content (AvgIpc) is 2.40. The van der Waals surface area contributed by atoms with Gasteiger partial charge in [0.25, 0.3) is 0 Å². The molecule has 0 bridgehead atoms. The van der Waals surface area contributed by atoms with Gasteiger partial charge in [0, 0.05) is 6.54 Å². The quantitative estimate of drug-likeness (QED) is 0.862. The van der Waals surface area contributed by atoms with Gasteiger partial charge < -0.3 is 10.5 Å². The third kappa shape index (κ3) is 2.80. The molecule has 1 aromatic carbocycles. The van der Waals surface area contributed by atoms with Crippen LogP contribution in [0.5, 0.6) is 5.75 Å². The second-order valence-electron chi connectivity index (χ2n) is 4.29. The first-order chi connectivity index (χ1) is 8.68. The zero-order valence-corrected chi connectivity index (χ0v) is 10.0. The molecule has 1 heterocycles. The molecule has 1 fully saturated rings. The highest BCUT2D eigenvalue weighted by molar-refractivity contribution is 5.85. The van der Waals surface area contributed by atoms with E-state index in [0.717, 1.165) is 12.8 Å². The van der Waals surface area contributed by atoms with E-state index in [1.54, 1.807) is 24.3 Å². The molecule has 5 nitrogen and oxygen atoms in total. The molecule has 5 heteroatoms. The van der Waals surface area contributed by atoms with Crippen LogP contribution in [0.1, 0.15) is 19.3 Å². The molecule has 1 saturated heterocycles. The highest BCUT2D eigenvalue weighted by Gasteiger charge is 2.31. The third-order valence-electron chi connectivity index (χ3n) is 3.01. The lowest BCUT2D eigenvalue weighted by atomic mass is 10.0. The van der Waals surface area contributed by atoms with Crippen molar-refractivity contribution in [2.24, 2.45) is 5.73 Å². The number of primary amides is 1. The van der Waals surface area contributed by atoms with Crippen molar-refractivity contribution in [3.8, 4) is 5.75 Å². The van der Waals surface area contributed by atoms with Gasteiger partial charge in [-0.1, -0.05) is 18.2 Å². The van der Waals surface area contributed by atoms with Gasteiger partial charge in [-0.3, -0.25) is 9.69 Å². The predicted molar refractivity (Wildman–Crippen MR) is 66.0 cm³/mol. The molecule has 2 rings (SSSR count). The fourth-order valence-corrected chi connectivity index (χ4v) is 2.09. The van der Waals surface area contributed by atoms with Gasteiger partial charge in [-0.2, -0.15) is 0 Å². The maximum absolute atomic E-state index is 12.0. The number of carbonyl (C=O) groups is 2. The Hall–Kier alpha value is -2.04. The van der Waals surface area contributed by atoms with Crippen LogP contribution in [0.2, 0.25) is 0 Å². The normalized spacial score (nSPS) is 19.3. The first-order valence-electron chi connectivity index (χ1n) is 6.01. The van der Waals surface area contributed by atoms with Gasteiger partial charge in [0.2, 0.25) is 5.91 Å². The van der Waals surface area contributed by atoms with Crippen LogP contribution in [-0.4, -0.2) is 29.5 Å². The predicted octanol–water partition coefficient (Wildman–Crippen LogP) is 1.53. The van der Waals surface area contributed by atoms with Crippen molar-refractivity contribution in [2.45, 2.75) is 25.3 Å². The van der Waals surface area contributed by atoms with Gasteiger partial charge in [-0.25, -0.2) is 4.79 Å². The summed E-state index contributed by atoms with van der Waals surface area (Å²) in [7, 11) is 0. The van der Waals surface area contributed by atoms with E-state index in [1.165, 1.54) is 4.90 Å². The van der Waals surface area contributed by atoms with E-state index < -0.39 is 18.0 Å². The summed E-state index contributed by atoms with van der Waals surface area (Å²) in [5, 5.41) is 0. The molecule has 2 N–H and O–H groups in total. The number of benzene rings is 1. The van der Waals surface area contributed by atoms with Crippen molar-refractivity contribution in [1.82, 2.24) is 4.90 Å². The zero-order chi connectivity index (χ0) is 13.0. The monoisotopic (exact) mass is 248 g/mol. The number of rotatable bonds is 2. The highest BCUT2D eigenvalue weighted by Crippen LogP contribution is 2.19. The maximum atomic E-state index is 12.0. The maximum Gasteiger partial charge on any atom is 0.415 e. The van der Waals surface area contributed by atoms with Gasteiger partial charge >= 0.3 is 6.09 Å².